The summed E-state index contributed by atoms with van der Waals surface area (Å²) in [7, 11) is -0.0851. The van der Waals surface area contributed by atoms with Crippen LogP contribution in [0, 0.1) is 13.8 Å². The fraction of sp³-hybridized carbons (Fsp3) is 0.500. The molecule has 0 bridgehead atoms. The second kappa shape index (κ2) is 8.05. The van der Waals surface area contributed by atoms with E-state index in [1.807, 2.05) is 12.1 Å². The molecule has 1 amide bonds. The molecule has 1 aliphatic rings. The maximum atomic E-state index is 13.1. The van der Waals surface area contributed by atoms with Gasteiger partial charge in [0.15, 0.2) is 0 Å². The summed E-state index contributed by atoms with van der Waals surface area (Å²) < 4.78 is 29.5. The van der Waals surface area contributed by atoms with Crippen molar-refractivity contribution in [2.75, 3.05) is 27.2 Å². The van der Waals surface area contributed by atoms with Gasteiger partial charge in [0.25, 0.3) is 5.91 Å². The summed E-state index contributed by atoms with van der Waals surface area (Å²) in [5.74, 6) is -0.0485. The summed E-state index contributed by atoms with van der Waals surface area (Å²) >= 11 is 0. The Labute approximate surface area is 167 Å². The van der Waals surface area contributed by atoms with E-state index in [9.17, 15) is 13.2 Å². The molecule has 8 heteroatoms. The van der Waals surface area contributed by atoms with Crippen LogP contribution in [0.15, 0.2) is 29.2 Å². The Morgan fingerprint density at radius 2 is 1.68 bits per heavy atom. The number of aromatic nitrogens is 2. The van der Waals surface area contributed by atoms with Crippen LogP contribution in [-0.4, -0.2) is 60.5 Å². The van der Waals surface area contributed by atoms with Crippen LogP contribution in [0.4, 0.5) is 0 Å². The Morgan fingerprint density at radius 3 is 2.25 bits per heavy atom. The molecule has 0 saturated carbocycles. The maximum Gasteiger partial charge on any atom is 0.253 e. The van der Waals surface area contributed by atoms with Crippen LogP contribution < -0.4 is 0 Å². The number of carbonyl (C=O) groups is 1. The van der Waals surface area contributed by atoms with E-state index in [1.165, 1.54) is 4.90 Å². The highest BCUT2D eigenvalue weighted by Gasteiger charge is 2.31. The lowest BCUT2D eigenvalue weighted by atomic mass is 10.1. The van der Waals surface area contributed by atoms with Crippen molar-refractivity contribution in [3.63, 3.8) is 0 Å². The van der Waals surface area contributed by atoms with Crippen LogP contribution in [0.2, 0.25) is 0 Å². The number of aryl methyl sites for hydroxylation is 1. The molecule has 0 aliphatic carbocycles. The van der Waals surface area contributed by atoms with Crippen LogP contribution in [-0.2, 0) is 16.6 Å². The summed E-state index contributed by atoms with van der Waals surface area (Å²) in [5.41, 5.74) is 2.76. The smallest absolute Gasteiger partial charge is 0.253 e. The van der Waals surface area contributed by atoms with Gasteiger partial charge in [-0.3, -0.25) is 9.48 Å². The zero-order chi connectivity index (χ0) is 20.5. The monoisotopic (exact) mass is 404 g/mol. The number of nitrogens with zero attached hydrogens (tertiary/aromatic N) is 4. The molecule has 1 aromatic heterocycles. The van der Waals surface area contributed by atoms with Crippen molar-refractivity contribution in [3.05, 3.63) is 46.8 Å². The number of rotatable bonds is 5. The Balaban J connectivity index is 1.85. The summed E-state index contributed by atoms with van der Waals surface area (Å²) in [5, 5.41) is 4.49. The third kappa shape index (κ3) is 3.98. The van der Waals surface area contributed by atoms with Gasteiger partial charge in [0.05, 0.1) is 17.9 Å². The summed E-state index contributed by atoms with van der Waals surface area (Å²) in [6, 6.07) is 7.33. The summed E-state index contributed by atoms with van der Waals surface area (Å²) in [6.07, 6.45) is 2.89. The molecule has 0 spiro atoms. The predicted octanol–water partition coefficient (Wildman–Crippen LogP) is 2.42. The largest absolute Gasteiger partial charge is 0.345 e. The van der Waals surface area contributed by atoms with Gasteiger partial charge >= 0.3 is 0 Å². The van der Waals surface area contributed by atoms with E-state index in [2.05, 4.69) is 5.10 Å². The number of sulfonamides is 1. The van der Waals surface area contributed by atoms with Crippen molar-refractivity contribution in [3.8, 4) is 0 Å². The van der Waals surface area contributed by atoms with Crippen molar-refractivity contribution >= 4 is 15.9 Å². The number of amides is 1. The fourth-order valence-corrected chi connectivity index (χ4v) is 5.52. The van der Waals surface area contributed by atoms with E-state index in [0.717, 1.165) is 24.8 Å². The van der Waals surface area contributed by atoms with Gasteiger partial charge in [-0.25, -0.2) is 8.42 Å². The lowest BCUT2D eigenvalue weighted by molar-refractivity contribution is 0.0827. The van der Waals surface area contributed by atoms with Gasteiger partial charge in [0, 0.05) is 32.7 Å². The second-order valence-electron chi connectivity index (χ2n) is 7.52. The molecule has 152 valence electrons. The van der Waals surface area contributed by atoms with Gasteiger partial charge in [-0.1, -0.05) is 18.6 Å². The van der Waals surface area contributed by atoms with E-state index in [1.54, 1.807) is 49.1 Å². The van der Waals surface area contributed by atoms with Crippen molar-refractivity contribution in [1.29, 1.82) is 0 Å². The Kier molecular flexibility index (Phi) is 5.90. The van der Waals surface area contributed by atoms with E-state index in [-0.39, 0.29) is 5.91 Å². The molecule has 0 radical (unpaired) electrons. The predicted molar refractivity (Wildman–Crippen MR) is 108 cm³/mol. The number of hydrogen-bond donors (Lipinski definition) is 0. The Morgan fingerprint density at radius 1 is 1.07 bits per heavy atom. The fourth-order valence-electron chi connectivity index (χ4n) is 3.63. The first-order valence-corrected chi connectivity index (χ1v) is 11.0. The van der Waals surface area contributed by atoms with Crippen LogP contribution in [0.25, 0.3) is 0 Å². The average Bonchev–Trinajstić information content (AvgIpc) is 2.96. The first kappa shape index (κ1) is 20.5. The molecule has 0 unspecified atom stereocenters. The molecule has 0 N–H and O–H groups in total. The average molecular weight is 405 g/mol. The van der Waals surface area contributed by atoms with E-state index < -0.39 is 10.0 Å². The van der Waals surface area contributed by atoms with Crippen LogP contribution in [0.5, 0.6) is 0 Å². The first-order valence-electron chi connectivity index (χ1n) is 9.56. The van der Waals surface area contributed by atoms with Crippen molar-refractivity contribution < 1.29 is 13.2 Å². The minimum atomic E-state index is -3.52. The quantitative estimate of drug-likeness (QED) is 0.767. The Bertz CT molecular complexity index is 956. The Hall–Kier alpha value is -2.19. The molecular formula is C20H28N4O3S. The number of benzene rings is 1. The molecule has 28 heavy (non-hydrogen) atoms. The molecule has 7 nitrogen and oxygen atoms in total. The molecule has 1 aliphatic heterocycles. The minimum absolute atomic E-state index is 0.0485. The first-order chi connectivity index (χ1) is 13.2. The lowest BCUT2D eigenvalue weighted by Crippen LogP contribution is -2.36. The van der Waals surface area contributed by atoms with Gasteiger partial charge in [0.1, 0.15) is 4.90 Å². The number of carbonyl (C=O) groups excluding carboxylic acids is 1. The third-order valence-corrected chi connectivity index (χ3v) is 7.32. The molecule has 1 saturated heterocycles. The van der Waals surface area contributed by atoms with Gasteiger partial charge in [-0.05, 0) is 44.4 Å². The van der Waals surface area contributed by atoms with Gasteiger partial charge in [-0.15, -0.1) is 0 Å². The normalized spacial score (nSPS) is 15.6. The van der Waals surface area contributed by atoms with Crippen molar-refractivity contribution in [1.82, 2.24) is 19.0 Å². The van der Waals surface area contributed by atoms with Gasteiger partial charge < -0.3 is 4.90 Å². The van der Waals surface area contributed by atoms with Crippen LogP contribution in [0.3, 0.4) is 0 Å². The third-order valence-electron chi connectivity index (χ3n) is 5.17. The van der Waals surface area contributed by atoms with Crippen molar-refractivity contribution in [2.24, 2.45) is 0 Å². The highest BCUT2D eigenvalue weighted by atomic mass is 32.2. The van der Waals surface area contributed by atoms with Crippen LogP contribution in [0.1, 0.15) is 46.6 Å². The minimum Gasteiger partial charge on any atom is -0.345 e. The maximum absolute atomic E-state index is 13.1. The highest BCUT2D eigenvalue weighted by Crippen LogP contribution is 2.26. The number of hydrogen-bond acceptors (Lipinski definition) is 4. The topological polar surface area (TPSA) is 75.5 Å². The molecule has 3 rings (SSSR count). The van der Waals surface area contributed by atoms with E-state index >= 15 is 0 Å². The van der Waals surface area contributed by atoms with Gasteiger partial charge in [-0.2, -0.15) is 9.40 Å². The van der Waals surface area contributed by atoms with Crippen LogP contribution >= 0.6 is 0 Å². The second-order valence-corrected chi connectivity index (χ2v) is 9.39. The molecule has 1 fully saturated rings. The highest BCUT2D eigenvalue weighted by molar-refractivity contribution is 7.89. The molecule has 2 heterocycles. The lowest BCUT2D eigenvalue weighted by Gasteiger charge is -2.26. The number of piperidine rings is 1. The van der Waals surface area contributed by atoms with E-state index in [4.69, 9.17) is 0 Å². The zero-order valence-corrected chi connectivity index (χ0v) is 17.8. The molecule has 2 aromatic rings. The SMILES string of the molecule is Cc1nn(Cc2ccc(C(=O)N(C)C)cc2)c(C)c1S(=O)(=O)N1CCCCC1. The van der Waals surface area contributed by atoms with E-state index in [0.29, 0.717) is 41.5 Å². The standard InChI is InChI=1S/C20H28N4O3S/c1-15-19(28(26,27)23-12-6-5-7-13-23)16(2)24(21-15)14-17-8-10-18(11-9-17)20(25)22(3)4/h8-11H,5-7,12-14H2,1-4H3. The van der Waals surface area contributed by atoms with Crippen molar-refractivity contribution in [2.45, 2.75) is 44.6 Å². The van der Waals surface area contributed by atoms with Gasteiger partial charge in [0.2, 0.25) is 10.0 Å². The molecule has 0 atom stereocenters. The molecule has 1 aromatic carbocycles. The molecular weight excluding hydrogens is 376 g/mol. The summed E-state index contributed by atoms with van der Waals surface area (Å²) in [4.78, 5) is 13.9. The zero-order valence-electron chi connectivity index (χ0n) is 17.0. The summed E-state index contributed by atoms with van der Waals surface area (Å²) in [6.45, 7) is 5.17.